The molecule has 5 nitrogen and oxygen atoms in total. The predicted molar refractivity (Wildman–Crippen MR) is 83.6 cm³/mol. The van der Waals surface area contributed by atoms with E-state index in [1.165, 1.54) is 37.1 Å². The first-order chi connectivity index (χ1) is 10.3. The molecule has 0 atom stereocenters. The van der Waals surface area contributed by atoms with E-state index >= 15 is 0 Å². The van der Waals surface area contributed by atoms with E-state index in [4.69, 9.17) is 0 Å². The minimum absolute atomic E-state index is 0.655. The van der Waals surface area contributed by atoms with E-state index in [-0.39, 0.29) is 0 Å². The summed E-state index contributed by atoms with van der Waals surface area (Å²) in [5, 5.41) is 13.0. The van der Waals surface area contributed by atoms with Gasteiger partial charge in [-0.3, -0.25) is 0 Å². The van der Waals surface area contributed by atoms with Gasteiger partial charge in [-0.1, -0.05) is 17.8 Å². The van der Waals surface area contributed by atoms with Crippen LogP contribution in [0.5, 0.6) is 0 Å². The Morgan fingerprint density at radius 2 is 2.10 bits per heavy atom. The minimum Gasteiger partial charge on any atom is -0.373 e. The van der Waals surface area contributed by atoms with Crippen molar-refractivity contribution in [1.29, 1.82) is 0 Å². The summed E-state index contributed by atoms with van der Waals surface area (Å²) in [5.74, 6) is 3.69. The molecule has 1 N–H and O–H groups in total. The van der Waals surface area contributed by atoms with Gasteiger partial charge in [0.05, 0.1) is 0 Å². The van der Waals surface area contributed by atoms with Crippen molar-refractivity contribution in [2.24, 2.45) is 0 Å². The van der Waals surface area contributed by atoms with Gasteiger partial charge in [0.15, 0.2) is 5.16 Å². The molecule has 2 aliphatic carbocycles. The Morgan fingerprint density at radius 1 is 1.24 bits per heavy atom. The summed E-state index contributed by atoms with van der Waals surface area (Å²) < 4.78 is 2.40. The molecule has 0 spiro atoms. The zero-order valence-corrected chi connectivity index (χ0v) is 12.9. The monoisotopic (exact) mass is 301 g/mol. The summed E-state index contributed by atoms with van der Waals surface area (Å²) in [4.78, 5) is 4.36. The first kappa shape index (κ1) is 13.1. The lowest BCUT2D eigenvalue weighted by molar-refractivity contribution is 0.627. The van der Waals surface area contributed by atoms with E-state index in [2.05, 4.69) is 31.1 Å². The number of hydrogen-bond donors (Lipinski definition) is 1. The summed E-state index contributed by atoms with van der Waals surface area (Å²) >= 11 is 1.78. The zero-order valence-electron chi connectivity index (χ0n) is 12.1. The van der Waals surface area contributed by atoms with Crippen LogP contribution in [-0.2, 0) is 5.75 Å². The van der Waals surface area contributed by atoms with Crippen LogP contribution in [0.25, 0.3) is 0 Å². The first-order valence-electron chi connectivity index (χ1n) is 7.55. The van der Waals surface area contributed by atoms with E-state index in [0.717, 1.165) is 16.7 Å². The van der Waals surface area contributed by atoms with Gasteiger partial charge in [0.2, 0.25) is 0 Å². The smallest absolute Gasteiger partial charge is 0.191 e. The quantitative estimate of drug-likeness (QED) is 0.830. The highest BCUT2D eigenvalue weighted by molar-refractivity contribution is 7.98. The predicted octanol–water partition coefficient (Wildman–Crippen LogP) is 3.22. The van der Waals surface area contributed by atoms with Crippen molar-refractivity contribution in [3.63, 3.8) is 0 Å². The Balaban J connectivity index is 1.48. The van der Waals surface area contributed by atoms with Crippen LogP contribution in [0.4, 0.5) is 5.82 Å². The van der Waals surface area contributed by atoms with Gasteiger partial charge in [-0.15, -0.1) is 10.2 Å². The molecule has 6 heteroatoms. The van der Waals surface area contributed by atoms with E-state index in [1.807, 2.05) is 19.3 Å². The van der Waals surface area contributed by atoms with Crippen LogP contribution in [0.15, 0.2) is 23.5 Å². The second kappa shape index (κ2) is 5.33. The molecule has 2 aliphatic rings. The number of nitrogens with zero attached hydrogens (tertiary/aromatic N) is 4. The van der Waals surface area contributed by atoms with Gasteiger partial charge in [-0.05, 0) is 37.3 Å². The number of thioether (sulfide) groups is 1. The van der Waals surface area contributed by atoms with Gasteiger partial charge in [-0.25, -0.2) is 4.98 Å². The van der Waals surface area contributed by atoms with Crippen molar-refractivity contribution in [2.75, 3.05) is 12.4 Å². The van der Waals surface area contributed by atoms with Gasteiger partial charge in [-0.2, -0.15) is 0 Å². The molecule has 0 aliphatic heterocycles. The summed E-state index contributed by atoms with van der Waals surface area (Å²) in [5.41, 5.74) is 1.22. The molecule has 2 saturated carbocycles. The molecule has 21 heavy (non-hydrogen) atoms. The Bertz CT molecular complexity index is 628. The van der Waals surface area contributed by atoms with Gasteiger partial charge < -0.3 is 9.88 Å². The van der Waals surface area contributed by atoms with Crippen LogP contribution in [0.1, 0.15) is 49.0 Å². The third-order valence-electron chi connectivity index (χ3n) is 3.99. The number of anilines is 1. The van der Waals surface area contributed by atoms with E-state index < -0.39 is 0 Å². The van der Waals surface area contributed by atoms with Gasteiger partial charge in [0.25, 0.3) is 0 Å². The fraction of sp³-hybridized carbons (Fsp3) is 0.533. The Hall–Kier alpha value is -1.56. The van der Waals surface area contributed by atoms with Crippen LogP contribution in [0, 0.1) is 0 Å². The summed E-state index contributed by atoms with van der Waals surface area (Å²) in [7, 11) is 1.88. The lowest BCUT2D eigenvalue weighted by Crippen LogP contribution is -2.02. The average Bonchev–Trinajstić information content (AvgIpc) is 3.44. The number of aromatic nitrogens is 4. The second-order valence-corrected chi connectivity index (χ2v) is 6.75. The minimum atomic E-state index is 0.655. The molecule has 0 amide bonds. The molecule has 2 aromatic heterocycles. The van der Waals surface area contributed by atoms with Crippen molar-refractivity contribution >= 4 is 17.6 Å². The number of nitrogens with one attached hydrogen (secondary N) is 1. The maximum absolute atomic E-state index is 4.45. The van der Waals surface area contributed by atoms with Crippen LogP contribution in [-0.4, -0.2) is 26.8 Å². The Morgan fingerprint density at radius 3 is 2.71 bits per heavy atom. The SMILES string of the molecule is CNc1ccc(CSc2nnc(C3CC3)n2C2CC2)cn1. The Kier molecular flexibility index (Phi) is 3.33. The largest absolute Gasteiger partial charge is 0.373 e. The lowest BCUT2D eigenvalue weighted by Gasteiger charge is -2.08. The number of rotatable bonds is 6. The Labute approximate surface area is 128 Å². The first-order valence-corrected chi connectivity index (χ1v) is 8.54. The van der Waals surface area contributed by atoms with Crippen molar-refractivity contribution in [3.05, 3.63) is 29.7 Å². The molecule has 0 radical (unpaired) electrons. The van der Waals surface area contributed by atoms with Gasteiger partial charge in [0.1, 0.15) is 11.6 Å². The fourth-order valence-corrected chi connectivity index (χ4v) is 3.44. The number of pyridine rings is 1. The molecule has 110 valence electrons. The molecule has 0 aromatic carbocycles. The van der Waals surface area contributed by atoms with Crippen LogP contribution in [0.2, 0.25) is 0 Å². The van der Waals surface area contributed by atoms with Crippen LogP contribution >= 0.6 is 11.8 Å². The maximum Gasteiger partial charge on any atom is 0.191 e. The highest BCUT2D eigenvalue weighted by Crippen LogP contribution is 2.46. The van der Waals surface area contributed by atoms with E-state index in [1.54, 1.807) is 11.8 Å². The molecule has 2 aromatic rings. The topological polar surface area (TPSA) is 55.6 Å². The molecule has 0 unspecified atom stereocenters. The molecule has 2 fully saturated rings. The van der Waals surface area contributed by atoms with Crippen molar-refractivity contribution < 1.29 is 0 Å². The highest BCUT2D eigenvalue weighted by Gasteiger charge is 2.36. The second-order valence-electron chi connectivity index (χ2n) is 5.81. The highest BCUT2D eigenvalue weighted by atomic mass is 32.2. The molecule has 4 rings (SSSR count). The third-order valence-corrected chi connectivity index (χ3v) is 5.01. The van der Waals surface area contributed by atoms with Crippen molar-refractivity contribution in [3.8, 4) is 0 Å². The van der Waals surface area contributed by atoms with Gasteiger partial charge >= 0.3 is 0 Å². The van der Waals surface area contributed by atoms with Crippen LogP contribution in [0.3, 0.4) is 0 Å². The maximum atomic E-state index is 4.45. The average molecular weight is 301 g/mol. The summed E-state index contributed by atoms with van der Waals surface area (Å²) in [6.45, 7) is 0. The van der Waals surface area contributed by atoms with E-state index in [0.29, 0.717) is 12.0 Å². The van der Waals surface area contributed by atoms with Crippen LogP contribution < -0.4 is 5.32 Å². The summed E-state index contributed by atoms with van der Waals surface area (Å²) in [6.07, 6.45) is 7.06. The number of hydrogen-bond acceptors (Lipinski definition) is 5. The normalized spacial score (nSPS) is 18.0. The molecule has 2 heterocycles. The van der Waals surface area contributed by atoms with Crippen molar-refractivity contribution in [2.45, 2.75) is 48.6 Å². The molecular formula is C15H19N5S. The zero-order chi connectivity index (χ0) is 14.2. The molecular weight excluding hydrogens is 282 g/mol. The molecule has 0 bridgehead atoms. The summed E-state index contributed by atoms with van der Waals surface area (Å²) in [6, 6.07) is 4.78. The third kappa shape index (κ3) is 2.77. The van der Waals surface area contributed by atoms with E-state index in [9.17, 15) is 0 Å². The van der Waals surface area contributed by atoms with Crippen molar-refractivity contribution in [1.82, 2.24) is 19.7 Å². The molecule has 0 saturated heterocycles. The lowest BCUT2D eigenvalue weighted by atomic mass is 10.3. The van der Waals surface area contributed by atoms with Gasteiger partial charge in [0, 0.05) is 31.0 Å². The fourth-order valence-electron chi connectivity index (χ4n) is 2.49. The standard InChI is InChI=1S/C15H19N5S/c1-16-13-7-2-10(8-17-13)9-21-15-19-18-14(11-3-4-11)20(15)12-5-6-12/h2,7-8,11-12H,3-6,9H2,1H3,(H,16,17).